The zero-order valence-corrected chi connectivity index (χ0v) is 9.85. The quantitative estimate of drug-likeness (QED) is 0.881. The highest BCUT2D eigenvalue weighted by atomic mass is 32.1. The van der Waals surface area contributed by atoms with Crippen LogP contribution in [0.15, 0.2) is 29.6 Å². The molecule has 0 saturated heterocycles. The van der Waals surface area contributed by atoms with Gasteiger partial charge in [-0.05, 0) is 31.0 Å². The first-order chi connectivity index (χ1) is 7.74. The van der Waals surface area contributed by atoms with Crippen molar-refractivity contribution in [3.05, 3.63) is 46.7 Å². The van der Waals surface area contributed by atoms with E-state index in [4.69, 9.17) is 0 Å². The summed E-state index contributed by atoms with van der Waals surface area (Å²) in [6.07, 6.45) is 0.874. The molecular formula is C12H13FN2S. The smallest absolute Gasteiger partial charge is 0.182 e. The van der Waals surface area contributed by atoms with Gasteiger partial charge in [-0.25, -0.2) is 9.37 Å². The summed E-state index contributed by atoms with van der Waals surface area (Å²) < 4.78 is 12.7. The molecule has 0 saturated carbocycles. The molecule has 0 aliphatic heterocycles. The number of rotatable bonds is 4. The van der Waals surface area contributed by atoms with Crippen LogP contribution in [0.2, 0.25) is 0 Å². The minimum atomic E-state index is -0.188. The second-order valence-electron chi connectivity index (χ2n) is 3.60. The van der Waals surface area contributed by atoms with Crippen molar-refractivity contribution >= 4 is 16.5 Å². The van der Waals surface area contributed by atoms with E-state index in [0.717, 1.165) is 29.4 Å². The fourth-order valence-electron chi connectivity index (χ4n) is 1.40. The largest absolute Gasteiger partial charge is 0.361 e. The first kappa shape index (κ1) is 11.1. The summed E-state index contributed by atoms with van der Waals surface area (Å²) in [6, 6.07) is 6.60. The van der Waals surface area contributed by atoms with Crippen molar-refractivity contribution in [2.75, 3.05) is 11.9 Å². The Hall–Kier alpha value is -1.42. The van der Waals surface area contributed by atoms with Gasteiger partial charge in [-0.15, -0.1) is 11.3 Å². The molecule has 1 aromatic heterocycles. The van der Waals surface area contributed by atoms with Crippen LogP contribution in [0.3, 0.4) is 0 Å². The summed E-state index contributed by atoms with van der Waals surface area (Å²) in [5, 5.41) is 6.20. The van der Waals surface area contributed by atoms with Gasteiger partial charge in [-0.2, -0.15) is 0 Å². The van der Waals surface area contributed by atoms with E-state index in [1.54, 1.807) is 11.3 Å². The Balaban J connectivity index is 1.82. The van der Waals surface area contributed by atoms with Gasteiger partial charge in [0, 0.05) is 11.9 Å². The van der Waals surface area contributed by atoms with Gasteiger partial charge in [0.15, 0.2) is 5.13 Å². The molecule has 0 aliphatic rings. The van der Waals surface area contributed by atoms with Crippen LogP contribution in [0.5, 0.6) is 0 Å². The summed E-state index contributed by atoms with van der Waals surface area (Å²) in [4.78, 5) is 4.30. The molecule has 0 atom stereocenters. The summed E-state index contributed by atoms with van der Waals surface area (Å²) in [5.74, 6) is -0.188. The van der Waals surface area contributed by atoms with Crippen LogP contribution in [0, 0.1) is 12.7 Å². The average molecular weight is 236 g/mol. The number of thiazole rings is 1. The molecule has 0 bridgehead atoms. The Bertz CT molecular complexity index is 450. The molecule has 0 aliphatic carbocycles. The number of aromatic nitrogens is 1. The predicted molar refractivity (Wildman–Crippen MR) is 65.4 cm³/mol. The Kier molecular flexibility index (Phi) is 3.51. The van der Waals surface area contributed by atoms with Crippen LogP contribution in [-0.4, -0.2) is 11.5 Å². The van der Waals surface area contributed by atoms with Gasteiger partial charge in [-0.3, -0.25) is 0 Å². The van der Waals surface area contributed by atoms with Crippen LogP contribution < -0.4 is 5.32 Å². The third-order valence-corrected chi connectivity index (χ3v) is 3.14. The lowest BCUT2D eigenvalue weighted by atomic mass is 10.1. The number of hydrogen-bond donors (Lipinski definition) is 1. The molecule has 0 unspecified atom stereocenters. The Labute approximate surface area is 98.2 Å². The maximum absolute atomic E-state index is 12.7. The third kappa shape index (κ3) is 3.03. The van der Waals surface area contributed by atoms with Crippen LogP contribution in [0.25, 0.3) is 0 Å². The van der Waals surface area contributed by atoms with Gasteiger partial charge < -0.3 is 5.32 Å². The van der Waals surface area contributed by atoms with E-state index in [0.29, 0.717) is 0 Å². The molecular weight excluding hydrogens is 223 g/mol. The standard InChI is InChI=1S/C12H13FN2S/c1-9-8-16-12(15-9)14-7-6-10-2-4-11(13)5-3-10/h2-5,8H,6-7H2,1H3,(H,14,15). The second kappa shape index (κ2) is 5.07. The molecule has 1 N–H and O–H groups in total. The highest BCUT2D eigenvalue weighted by Crippen LogP contribution is 2.14. The zero-order valence-electron chi connectivity index (χ0n) is 9.03. The predicted octanol–water partition coefficient (Wildman–Crippen LogP) is 3.25. The maximum Gasteiger partial charge on any atom is 0.182 e. The van der Waals surface area contributed by atoms with Crippen molar-refractivity contribution in [3.63, 3.8) is 0 Å². The van der Waals surface area contributed by atoms with Crippen molar-refractivity contribution < 1.29 is 4.39 Å². The van der Waals surface area contributed by atoms with Crippen molar-refractivity contribution in [3.8, 4) is 0 Å². The van der Waals surface area contributed by atoms with Gasteiger partial charge >= 0.3 is 0 Å². The number of nitrogens with one attached hydrogen (secondary N) is 1. The zero-order chi connectivity index (χ0) is 11.4. The molecule has 1 aromatic carbocycles. The van der Waals surface area contributed by atoms with Crippen LogP contribution in [0.4, 0.5) is 9.52 Å². The minimum Gasteiger partial charge on any atom is -0.361 e. The lowest BCUT2D eigenvalue weighted by Gasteiger charge is -2.02. The Morgan fingerprint density at radius 1 is 1.31 bits per heavy atom. The molecule has 0 amide bonds. The molecule has 2 aromatic rings. The van der Waals surface area contributed by atoms with E-state index in [2.05, 4.69) is 10.3 Å². The molecule has 4 heteroatoms. The molecule has 16 heavy (non-hydrogen) atoms. The van der Waals surface area contributed by atoms with Crippen molar-refractivity contribution in [2.45, 2.75) is 13.3 Å². The van der Waals surface area contributed by atoms with Gasteiger partial charge in [-0.1, -0.05) is 12.1 Å². The molecule has 0 spiro atoms. The highest BCUT2D eigenvalue weighted by molar-refractivity contribution is 7.13. The normalized spacial score (nSPS) is 10.4. The van der Waals surface area contributed by atoms with Crippen molar-refractivity contribution in [1.29, 1.82) is 0 Å². The van der Waals surface area contributed by atoms with Crippen molar-refractivity contribution in [1.82, 2.24) is 4.98 Å². The SMILES string of the molecule is Cc1csc(NCCc2ccc(F)cc2)n1. The maximum atomic E-state index is 12.7. The van der Waals surface area contributed by atoms with Gasteiger partial charge in [0.25, 0.3) is 0 Å². The van der Waals surface area contributed by atoms with Gasteiger partial charge in [0.2, 0.25) is 0 Å². The molecule has 0 fully saturated rings. The average Bonchev–Trinajstić information content (AvgIpc) is 2.67. The Morgan fingerprint density at radius 3 is 2.69 bits per heavy atom. The van der Waals surface area contributed by atoms with Crippen LogP contribution >= 0.6 is 11.3 Å². The first-order valence-electron chi connectivity index (χ1n) is 5.14. The summed E-state index contributed by atoms with van der Waals surface area (Å²) >= 11 is 1.60. The number of aryl methyl sites for hydroxylation is 1. The van der Waals surface area contributed by atoms with E-state index in [-0.39, 0.29) is 5.82 Å². The second-order valence-corrected chi connectivity index (χ2v) is 4.46. The summed E-state index contributed by atoms with van der Waals surface area (Å²) in [6.45, 7) is 2.79. The van der Waals surface area contributed by atoms with E-state index < -0.39 is 0 Å². The van der Waals surface area contributed by atoms with Crippen LogP contribution in [-0.2, 0) is 6.42 Å². The molecule has 2 nitrogen and oxygen atoms in total. The number of benzene rings is 1. The van der Waals surface area contributed by atoms with E-state index >= 15 is 0 Å². The summed E-state index contributed by atoms with van der Waals surface area (Å²) in [5.41, 5.74) is 2.16. The molecule has 84 valence electrons. The number of nitrogens with zero attached hydrogens (tertiary/aromatic N) is 1. The minimum absolute atomic E-state index is 0.188. The highest BCUT2D eigenvalue weighted by Gasteiger charge is 1.98. The van der Waals surface area contributed by atoms with E-state index in [1.165, 1.54) is 12.1 Å². The lowest BCUT2D eigenvalue weighted by molar-refractivity contribution is 0.627. The van der Waals surface area contributed by atoms with Gasteiger partial charge in [0.1, 0.15) is 5.82 Å². The fourth-order valence-corrected chi connectivity index (χ4v) is 2.12. The number of halogens is 1. The summed E-state index contributed by atoms with van der Waals surface area (Å²) in [7, 11) is 0. The number of hydrogen-bond acceptors (Lipinski definition) is 3. The monoisotopic (exact) mass is 236 g/mol. The molecule has 2 rings (SSSR count). The van der Waals surface area contributed by atoms with E-state index in [1.807, 2.05) is 24.4 Å². The molecule has 1 heterocycles. The Morgan fingerprint density at radius 2 is 2.06 bits per heavy atom. The fraction of sp³-hybridized carbons (Fsp3) is 0.250. The number of anilines is 1. The third-order valence-electron chi connectivity index (χ3n) is 2.22. The van der Waals surface area contributed by atoms with Crippen LogP contribution in [0.1, 0.15) is 11.3 Å². The van der Waals surface area contributed by atoms with E-state index in [9.17, 15) is 4.39 Å². The molecule has 0 radical (unpaired) electrons. The van der Waals surface area contributed by atoms with Crippen molar-refractivity contribution in [2.24, 2.45) is 0 Å². The topological polar surface area (TPSA) is 24.9 Å². The lowest BCUT2D eigenvalue weighted by Crippen LogP contribution is -2.04. The van der Waals surface area contributed by atoms with Gasteiger partial charge in [0.05, 0.1) is 5.69 Å². The first-order valence-corrected chi connectivity index (χ1v) is 6.02.